The zero-order chi connectivity index (χ0) is 12.8. The summed E-state index contributed by atoms with van der Waals surface area (Å²) >= 11 is 0. The predicted molar refractivity (Wildman–Crippen MR) is 73.1 cm³/mol. The molecule has 0 aliphatic heterocycles. The number of likely N-dealkylation sites (N-methyl/N-ethyl adjacent to an activating group) is 1. The molecule has 0 bridgehead atoms. The van der Waals surface area contributed by atoms with Crippen molar-refractivity contribution in [2.45, 2.75) is 18.9 Å². The topological polar surface area (TPSA) is 63.8 Å². The highest BCUT2D eigenvalue weighted by molar-refractivity contribution is 5.44. The zero-order valence-electron chi connectivity index (χ0n) is 10.5. The van der Waals surface area contributed by atoms with Gasteiger partial charge in [0.05, 0.1) is 0 Å². The normalized spacial score (nSPS) is 12.3. The van der Waals surface area contributed by atoms with Crippen molar-refractivity contribution in [3.05, 3.63) is 54.1 Å². The zero-order valence-corrected chi connectivity index (χ0v) is 10.5. The summed E-state index contributed by atoms with van der Waals surface area (Å²) in [6.45, 7) is 0. The van der Waals surface area contributed by atoms with Crippen molar-refractivity contribution in [3.8, 4) is 0 Å². The van der Waals surface area contributed by atoms with E-state index in [0.717, 1.165) is 29.8 Å². The van der Waals surface area contributed by atoms with Gasteiger partial charge in [-0.2, -0.15) is 0 Å². The molecule has 0 fully saturated rings. The summed E-state index contributed by atoms with van der Waals surface area (Å²) in [7, 11) is 1.96. The molecule has 4 heteroatoms. The fourth-order valence-electron chi connectivity index (χ4n) is 1.92. The molecule has 0 saturated heterocycles. The minimum absolute atomic E-state index is 0.311. The van der Waals surface area contributed by atoms with Gasteiger partial charge in [0.25, 0.3) is 0 Å². The Labute approximate surface area is 107 Å². The summed E-state index contributed by atoms with van der Waals surface area (Å²) in [6, 6.07) is 8.12. The van der Waals surface area contributed by atoms with E-state index in [9.17, 15) is 0 Å². The van der Waals surface area contributed by atoms with Crippen LogP contribution in [-0.2, 0) is 12.8 Å². The molecule has 1 atom stereocenters. The first-order valence-corrected chi connectivity index (χ1v) is 6.05. The Kier molecular flexibility index (Phi) is 4.25. The predicted octanol–water partition coefficient (Wildman–Crippen LogP) is 1.43. The molecule has 2 heterocycles. The molecule has 94 valence electrons. The van der Waals surface area contributed by atoms with Gasteiger partial charge in [-0.15, -0.1) is 0 Å². The van der Waals surface area contributed by atoms with Crippen LogP contribution in [-0.4, -0.2) is 23.1 Å². The Morgan fingerprint density at radius 2 is 2.11 bits per heavy atom. The summed E-state index contributed by atoms with van der Waals surface area (Å²) < 4.78 is 0. The van der Waals surface area contributed by atoms with Crippen LogP contribution >= 0.6 is 0 Å². The molecule has 0 radical (unpaired) electrons. The molecular formula is C14H18N4. The third-order valence-corrected chi connectivity index (χ3v) is 3.00. The number of rotatable bonds is 5. The average molecular weight is 242 g/mol. The summed E-state index contributed by atoms with van der Waals surface area (Å²) in [5.41, 5.74) is 8.89. The maximum atomic E-state index is 5.93. The van der Waals surface area contributed by atoms with E-state index in [2.05, 4.69) is 15.3 Å². The average Bonchev–Trinajstić information content (AvgIpc) is 2.41. The number of hydrogen-bond donors (Lipinski definition) is 2. The smallest absolute Gasteiger partial charge is 0.0419 e. The Bertz CT molecular complexity index is 484. The van der Waals surface area contributed by atoms with E-state index >= 15 is 0 Å². The lowest BCUT2D eigenvalue weighted by Gasteiger charge is -2.16. The SMILES string of the molecule is CNC(Cc1ccccn1)Cc1cnccc1N. The standard InChI is InChI=1S/C14H18N4/c1-16-13(9-12-4-2-3-6-18-12)8-11-10-17-7-5-14(11)15/h2-7,10,13,16H,8-9H2,1H3,(H2,15,17). The molecule has 0 aliphatic rings. The maximum absolute atomic E-state index is 5.93. The molecule has 3 N–H and O–H groups in total. The molecule has 4 nitrogen and oxygen atoms in total. The molecule has 2 aromatic rings. The quantitative estimate of drug-likeness (QED) is 0.832. The van der Waals surface area contributed by atoms with Crippen molar-refractivity contribution >= 4 is 5.69 Å². The minimum atomic E-state index is 0.311. The lowest BCUT2D eigenvalue weighted by Crippen LogP contribution is -2.30. The third-order valence-electron chi connectivity index (χ3n) is 3.00. The molecule has 1 unspecified atom stereocenters. The highest BCUT2D eigenvalue weighted by Crippen LogP contribution is 2.13. The van der Waals surface area contributed by atoms with Crippen LogP contribution in [0.25, 0.3) is 0 Å². The van der Waals surface area contributed by atoms with E-state index in [0.29, 0.717) is 6.04 Å². The van der Waals surface area contributed by atoms with Gasteiger partial charge in [-0.1, -0.05) is 6.07 Å². The number of nitrogens with one attached hydrogen (secondary N) is 1. The summed E-state index contributed by atoms with van der Waals surface area (Å²) in [4.78, 5) is 8.46. The van der Waals surface area contributed by atoms with E-state index in [1.807, 2.05) is 43.7 Å². The Hall–Kier alpha value is -1.94. The van der Waals surface area contributed by atoms with E-state index in [4.69, 9.17) is 5.73 Å². The largest absolute Gasteiger partial charge is 0.398 e. The van der Waals surface area contributed by atoms with Crippen LogP contribution < -0.4 is 11.1 Å². The van der Waals surface area contributed by atoms with Crippen molar-refractivity contribution in [3.63, 3.8) is 0 Å². The first-order valence-electron chi connectivity index (χ1n) is 6.05. The van der Waals surface area contributed by atoms with Gasteiger partial charge in [0, 0.05) is 42.4 Å². The van der Waals surface area contributed by atoms with E-state index in [1.165, 1.54) is 0 Å². The molecule has 2 aromatic heterocycles. The minimum Gasteiger partial charge on any atom is -0.398 e. The van der Waals surface area contributed by atoms with Crippen LogP contribution in [0, 0.1) is 0 Å². The van der Waals surface area contributed by atoms with Crippen LogP contribution in [0.3, 0.4) is 0 Å². The second-order valence-corrected chi connectivity index (χ2v) is 4.29. The third kappa shape index (κ3) is 3.28. The van der Waals surface area contributed by atoms with Gasteiger partial charge in [-0.05, 0) is 37.2 Å². The fraction of sp³-hybridized carbons (Fsp3) is 0.286. The number of aromatic nitrogens is 2. The molecule has 0 amide bonds. The van der Waals surface area contributed by atoms with Crippen molar-refractivity contribution in [1.29, 1.82) is 0 Å². The van der Waals surface area contributed by atoms with Gasteiger partial charge >= 0.3 is 0 Å². The first-order chi connectivity index (χ1) is 8.79. The van der Waals surface area contributed by atoms with Crippen molar-refractivity contribution in [2.24, 2.45) is 0 Å². The molecule has 0 saturated carbocycles. The van der Waals surface area contributed by atoms with Gasteiger partial charge in [-0.25, -0.2) is 0 Å². The van der Waals surface area contributed by atoms with Gasteiger partial charge < -0.3 is 11.1 Å². The number of hydrogen-bond acceptors (Lipinski definition) is 4. The highest BCUT2D eigenvalue weighted by Gasteiger charge is 2.10. The maximum Gasteiger partial charge on any atom is 0.0419 e. The number of nitrogens with two attached hydrogens (primary N) is 1. The monoisotopic (exact) mass is 242 g/mol. The van der Waals surface area contributed by atoms with Gasteiger partial charge in [0.15, 0.2) is 0 Å². The molecule has 0 aromatic carbocycles. The van der Waals surface area contributed by atoms with Gasteiger partial charge in [0.1, 0.15) is 0 Å². The van der Waals surface area contributed by atoms with Crippen molar-refractivity contribution in [2.75, 3.05) is 12.8 Å². The molecule has 0 aliphatic carbocycles. The van der Waals surface area contributed by atoms with Crippen molar-refractivity contribution < 1.29 is 0 Å². The molecule has 0 spiro atoms. The highest BCUT2D eigenvalue weighted by atomic mass is 14.9. The summed E-state index contributed by atoms with van der Waals surface area (Å²) in [6.07, 6.45) is 7.10. The molecular weight excluding hydrogens is 224 g/mol. The van der Waals surface area contributed by atoms with Gasteiger partial charge in [-0.3, -0.25) is 9.97 Å². The van der Waals surface area contributed by atoms with E-state index in [-0.39, 0.29) is 0 Å². The van der Waals surface area contributed by atoms with Crippen LogP contribution in [0.15, 0.2) is 42.9 Å². The Morgan fingerprint density at radius 1 is 1.22 bits per heavy atom. The van der Waals surface area contributed by atoms with Crippen LogP contribution in [0.2, 0.25) is 0 Å². The first kappa shape index (κ1) is 12.5. The second-order valence-electron chi connectivity index (χ2n) is 4.29. The Balaban J connectivity index is 2.04. The lowest BCUT2D eigenvalue weighted by molar-refractivity contribution is 0.550. The van der Waals surface area contributed by atoms with E-state index in [1.54, 1.807) is 6.20 Å². The van der Waals surface area contributed by atoms with Crippen LogP contribution in [0.5, 0.6) is 0 Å². The second kappa shape index (κ2) is 6.12. The molecule has 2 rings (SSSR count). The van der Waals surface area contributed by atoms with Crippen LogP contribution in [0.4, 0.5) is 5.69 Å². The number of nitrogen functional groups attached to an aromatic ring is 1. The molecule has 18 heavy (non-hydrogen) atoms. The van der Waals surface area contributed by atoms with Crippen LogP contribution in [0.1, 0.15) is 11.3 Å². The number of nitrogens with zero attached hydrogens (tertiary/aromatic N) is 2. The lowest BCUT2D eigenvalue weighted by atomic mass is 10.0. The van der Waals surface area contributed by atoms with Crippen molar-refractivity contribution in [1.82, 2.24) is 15.3 Å². The Morgan fingerprint density at radius 3 is 2.78 bits per heavy atom. The van der Waals surface area contributed by atoms with Gasteiger partial charge in [0.2, 0.25) is 0 Å². The number of pyridine rings is 2. The number of anilines is 1. The summed E-state index contributed by atoms with van der Waals surface area (Å²) in [5.74, 6) is 0. The summed E-state index contributed by atoms with van der Waals surface area (Å²) in [5, 5.41) is 3.30. The van der Waals surface area contributed by atoms with E-state index < -0.39 is 0 Å². The fourth-order valence-corrected chi connectivity index (χ4v) is 1.92.